The molecule has 1 saturated heterocycles. The van der Waals surface area contributed by atoms with Crippen LogP contribution in [0.25, 0.3) is 22.0 Å². The van der Waals surface area contributed by atoms with E-state index in [1.807, 2.05) is 62.9 Å². The van der Waals surface area contributed by atoms with Gasteiger partial charge < -0.3 is 19.9 Å². The molecule has 42 heavy (non-hydrogen) atoms. The van der Waals surface area contributed by atoms with Crippen LogP contribution in [0.4, 0.5) is 19.4 Å². The lowest BCUT2D eigenvalue weighted by Gasteiger charge is -2.42. The summed E-state index contributed by atoms with van der Waals surface area (Å²) in [5.74, 6) is -2.30. The van der Waals surface area contributed by atoms with Crippen LogP contribution in [0.1, 0.15) is 58.9 Å². The minimum absolute atomic E-state index is 0.0192. The van der Waals surface area contributed by atoms with Gasteiger partial charge in [-0.15, -0.1) is 10.2 Å². The molecule has 11 heteroatoms. The summed E-state index contributed by atoms with van der Waals surface area (Å²) >= 11 is 0. The molecule has 1 atom stereocenters. The fraction of sp³-hybridized carbons (Fsp3) is 0.516. The number of aromatic nitrogens is 3. The van der Waals surface area contributed by atoms with Crippen LogP contribution in [0.3, 0.4) is 0 Å². The Kier molecular flexibility index (Phi) is 8.30. The van der Waals surface area contributed by atoms with E-state index in [9.17, 15) is 18.4 Å². The molecule has 224 valence electrons. The number of benzene rings is 1. The number of nitrogens with zero attached hydrogens (tertiary/aromatic N) is 5. The molecular formula is C31H38F2N6O3. The molecule has 0 spiro atoms. The smallest absolute Gasteiger partial charge is 0.407 e. The quantitative estimate of drug-likeness (QED) is 0.421. The SMILES string of the molecule is CC1CN(c2nnc(-c3ccc(COC(=O)NC(C)(C)C)cc3)c3ccncc23)CCN1C(=O)C1CCC(F)(F)CC1. The molecule has 5 rings (SSSR count). The first-order chi connectivity index (χ1) is 19.9. The highest BCUT2D eigenvalue weighted by molar-refractivity contribution is 5.99. The van der Waals surface area contributed by atoms with Gasteiger partial charge in [-0.1, -0.05) is 24.3 Å². The Bertz CT molecular complexity index is 1430. The Hall–Kier alpha value is -3.89. The Morgan fingerprint density at radius 3 is 2.43 bits per heavy atom. The first kappa shape index (κ1) is 29.6. The standard InChI is InChI=1S/C31H38F2N6O3/c1-20-18-38(15-16-39(20)28(40)23-9-12-31(32,33)13-10-23)27-25-17-34-14-11-24(25)26(36-37-27)22-7-5-21(6-8-22)19-42-29(41)35-30(2,3)4/h5-8,11,14,17,20,23H,9-10,12-13,15-16,18-19H2,1-4H3,(H,35,41). The second-order valence-corrected chi connectivity index (χ2v) is 12.4. The van der Waals surface area contributed by atoms with Crippen LogP contribution >= 0.6 is 0 Å². The molecule has 0 bridgehead atoms. The van der Waals surface area contributed by atoms with Crippen LogP contribution in [0, 0.1) is 5.92 Å². The van der Waals surface area contributed by atoms with E-state index in [-0.39, 0.29) is 55.7 Å². The molecule has 9 nitrogen and oxygen atoms in total. The van der Waals surface area contributed by atoms with Crippen LogP contribution in [0.2, 0.25) is 0 Å². The largest absolute Gasteiger partial charge is 0.445 e. The van der Waals surface area contributed by atoms with E-state index >= 15 is 0 Å². The van der Waals surface area contributed by atoms with Gasteiger partial charge in [0.15, 0.2) is 5.82 Å². The summed E-state index contributed by atoms with van der Waals surface area (Å²) in [7, 11) is 0. The highest BCUT2D eigenvalue weighted by atomic mass is 19.3. The van der Waals surface area contributed by atoms with E-state index in [4.69, 9.17) is 4.74 Å². The van der Waals surface area contributed by atoms with Crippen molar-refractivity contribution in [2.45, 2.75) is 77.5 Å². The maximum Gasteiger partial charge on any atom is 0.407 e. The van der Waals surface area contributed by atoms with Crippen molar-refractivity contribution < 1.29 is 23.1 Å². The molecule has 2 amide bonds. The lowest BCUT2D eigenvalue weighted by Crippen LogP contribution is -2.56. The third-order valence-corrected chi connectivity index (χ3v) is 7.91. The number of pyridine rings is 1. The molecule has 1 aliphatic heterocycles. The zero-order valence-electron chi connectivity index (χ0n) is 24.6. The van der Waals surface area contributed by atoms with Crippen molar-refractivity contribution in [3.8, 4) is 11.3 Å². The number of carbonyl (C=O) groups excluding carboxylic acids is 2. The van der Waals surface area contributed by atoms with E-state index in [1.54, 1.807) is 12.4 Å². The number of nitrogens with one attached hydrogen (secondary N) is 1. The average molecular weight is 581 g/mol. The molecule has 1 N–H and O–H groups in total. The number of amides is 2. The summed E-state index contributed by atoms with van der Waals surface area (Å²) in [6, 6.07) is 9.47. The average Bonchev–Trinajstić information content (AvgIpc) is 2.94. The summed E-state index contributed by atoms with van der Waals surface area (Å²) < 4.78 is 32.6. The van der Waals surface area contributed by atoms with E-state index < -0.39 is 12.0 Å². The zero-order valence-corrected chi connectivity index (χ0v) is 24.6. The fourth-order valence-corrected chi connectivity index (χ4v) is 5.68. The molecule has 0 radical (unpaired) electrons. The van der Waals surface area contributed by atoms with Gasteiger partial charge in [0.2, 0.25) is 11.8 Å². The Labute approximate surface area is 244 Å². The lowest BCUT2D eigenvalue weighted by molar-refractivity contribution is -0.142. The molecule has 3 aromatic rings. The van der Waals surface area contributed by atoms with Crippen molar-refractivity contribution in [2.24, 2.45) is 5.92 Å². The number of halogens is 2. The van der Waals surface area contributed by atoms with Crippen molar-refractivity contribution in [3.05, 3.63) is 48.3 Å². The third-order valence-electron chi connectivity index (χ3n) is 7.91. The van der Waals surface area contributed by atoms with Crippen LogP contribution in [0.15, 0.2) is 42.7 Å². The minimum atomic E-state index is -2.65. The maximum absolute atomic E-state index is 13.6. The minimum Gasteiger partial charge on any atom is -0.445 e. The van der Waals surface area contributed by atoms with Crippen molar-refractivity contribution in [2.75, 3.05) is 24.5 Å². The van der Waals surface area contributed by atoms with Crippen LogP contribution < -0.4 is 10.2 Å². The molecule has 1 aliphatic carbocycles. The van der Waals surface area contributed by atoms with Gasteiger partial charge in [-0.3, -0.25) is 9.78 Å². The number of hydrogen-bond donors (Lipinski definition) is 1. The van der Waals surface area contributed by atoms with Gasteiger partial charge in [-0.2, -0.15) is 0 Å². The molecule has 1 saturated carbocycles. The summed E-state index contributed by atoms with van der Waals surface area (Å²) in [4.78, 5) is 33.5. The summed E-state index contributed by atoms with van der Waals surface area (Å²) in [6.45, 7) is 9.43. The number of alkyl carbamates (subject to hydrolysis) is 1. The Balaban J connectivity index is 1.28. The second-order valence-electron chi connectivity index (χ2n) is 12.4. The van der Waals surface area contributed by atoms with E-state index in [0.29, 0.717) is 31.1 Å². The third kappa shape index (κ3) is 6.77. The highest BCUT2D eigenvalue weighted by Crippen LogP contribution is 2.38. The number of piperazine rings is 1. The number of rotatable bonds is 5. The summed E-state index contributed by atoms with van der Waals surface area (Å²) in [5, 5.41) is 13.7. The number of anilines is 1. The van der Waals surface area contributed by atoms with Crippen molar-refractivity contribution >= 4 is 28.6 Å². The van der Waals surface area contributed by atoms with E-state index in [2.05, 4.69) is 25.4 Å². The Morgan fingerprint density at radius 2 is 1.76 bits per heavy atom. The topological polar surface area (TPSA) is 101 Å². The Morgan fingerprint density at radius 1 is 1.05 bits per heavy atom. The van der Waals surface area contributed by atoms with Gasteiger partial charge in [0, 0.05) is 78.7 Å². The molecule has 2 aromatic heterocycles. The number of hydrogen-bond acceptors (Lipinski definition) is 7. The van der Waals surface area contributed by atoms with E-state index in [0.717, 1.165) is 21.9 Å². The maximum atomic E-state index is 13.6. The normalized spacial score (nSPS) is 19.5. The lowest BCUT2D eigenvalue weighted by atomic mass is 9.85. The highest BCUT2D eigenvalue weighted by Gasteiger charge is 2.40. The van der Waals surface area contributed by atoms with Gasteiger partial charge in [0.1, 0.15) is 12.3 Å². The number of carbonyl (C=O) groups is 2. The van der Waals surface area contributed by atoms with Crippen molar-refractivity contribution in [1.29, 1.82) is 0 Å². The first-order valence-corrected chi connectivity index (χ1v) is 14.5. The molecule has 2 aliphatic rings. The molecule has 2 fully saturated rings. The van der Waals surface area contributed by atoms with Gasteiger partial charge >= 0.3 is 6.09 Å². The van der Waals surface area contributed by atoms with Crippen molar-refractivity contribution in [3.63, 3.8) is 0 Å². The molecule has 1 unspecified atom stereocenters. The van der Waals surface area contributed by atoms with E-state index in [1.165, 1.54) is 0 Å². The predicted octanol–water partition coefficient (Wildman–Crippen LogP) is 5.58. The fourth-order valence-electron chi connectivity index (χ4n) is 5.68. The van der Waals surface area contributed by atoms with Crippen LogP contribution in [-0.4, -0.2) is 69.2 Å². The van der Waals surface area contributed by atoms with Gasteiger partial charge in [-0.05, 0) is 52.2 Å². The first-order valence-electron chi connectivity index (χ1n) is 14.5. The predicted molar refractivity (Wildman–Crippen MR) is 156 cm³/mol. The zero-order chi connectivity index (χ0) is 30.1. The number of alkyl halides is 2. The van der Waals surface area contributed by atoms with Crippen molar-refractivity contribution in [1.82, 2.24) is 25.4 Å². The van der Waals surface area contributed by atoms with Gasteiger partial charge in [0.05, 0.1) is 0 Å². The summed E-state index contributed by atoms with van der Waals surface area (Å²) in [5.41, 5.74) is 2.06. The van der Waals surface area contributed by atoms with Crippen LogP contribution in [0.5, 0.6) is 0 Å². The molecule has 1 aromatic carbocycles. The second kappa shape index (κ2) is 11.8. The van der Waals surface area contributed by atoms with Gasteiger partial charge in [-0.25, -0.2) is 13.6 Å². The molecule has 3 heterocycles. The van der Waals surface area contributed by atoms with Gasteiger partial charge in [0.25, 0.3) is 0 Å². The number of ether oxygens (including phenoxy) is 1. The number of fused-ring (bicyclic) bond motifs is 1. The van der Waals surface area contributed by atoms with Crippen LogP contribution in [-0.2, 0) is 16.1 Å². The monoisotopic (exact) mass is 580 g/mol. The summed E-state index contributed by atoms with van der Waals surface area (Å²) in [6.07, 6.45) is 3.08. The molecular weight excluding hydrogens is 542 g/mol.